The molecule has 0 aromatic heterocycles. The second-order valence-corrected chi connectivity index (χ2v) is 4.95. The second-order valence-electron chi connectivity index (χ2n) is 3.33. The van der Waals surface area contributed by atoms with Crippen molar-refractivity contribution in [2.24, 2.45) is 10.9 Å². The molecule has 0 aliphatic carbocycles. The highest BCUT2D eigenvalue weighted by Gasteiger charge is 2.13. The van der Waals surface area contributed by atoms with Gasteiger partial charge in [0.25, 0.3) is 0 Å². The molecule has 1 aromatic carbocycles. The van der Waals surface area contributed by atoms with Gasteiger partial charge in [0.2, 0.25) is 15.9 Å². The largest absolute Gasteiger partial charge is 0.366 e. The lowest BCUT2D eigenvalue weighted by Crippen LogP contribution is -2.19. The first kappa shape index (κ1) is 11.7. The van der Waals surface area contributed by atoms with Crippen molar-refractivity contribution < 1.29 is 13.2 Å². The molecule has 6 heteroatoms. The summed E-state index contributed by atoms with van der Waals surface area (Å²) in [5, 5.41) is 4.91. The summed E-state index contributed by atoms with van der Waals surface area (Å²) in [5.74, 6) is -1.04. The summed E-state index contributed by atoms with van der Waals surface area (Å²) in [5.41, 5.74) is 6.48. The van der Waals surface area contributed by atoms with E-state index in [0.29, 0.717) is 5.56 Å². The van der Waals surface area contributed by atoms with E-state index in [1.54, 1.807) is 19.1 Å². The first-order valence-corrected chi connectivity index (χ1v) is 5.91. The molecule has 0 spiro atoms. The van der Waals surface area contributed by atoms with Gasteiger partial charge in [0.05, 0.1) is 5.75 Å². The van der Waals surface area contributed by atoms with Crippen molar-refractivity contribution in [1.82, 2.24) is 0 Å². The summed E-state index contributed by atoms with van der Waals surface area (Å²) in [6.07, 6.45) is 0. The number of rotatable bonds is 3. The molecule has 15 heavy (non-hydrogen) atoms. The van der Waals surface area contributed by atoms with Crippen LogP contribution in [0.2, 0.25) is 0 Å². The van der Waals surface area contributed by atoms with E-state index in [1.807, 2.05) is 0 Å². The fourth-order valence-corrected chi connectivity index (χ4v) is 1.97. The molecular formula is C9H12N2O3S. The Bertz CT molecular complexity index is 494. The van der Waals surface area contributed by atoms with Crippen molar-refractivity contribution in [3.05, 3.63) is 34.9 Å². The Kier molecular flexibility index (Phi) is 3.11. The molecule has 0 saturated carbocycles. The molecule has 0 fully saturated rings. The molecule has 0 heterocycles. The lowest BCUT2D eigenvalue weighted by molar-refractivity contribution is 0.0999. The van der Waals surface area contributed by atoms with Gasteiger partial charge in [-0.2, -0.15) is 0 Å². The number of primary amides is 1. The zero-order valence-electron chi connectivity index (χ0n) is 8.23. The van der Waals surface area contributed by atoms with E-state index in [4.69, 9.17) is 10.9 Å². The topological polar surface area (TPSA) is 103 Å². The number of nitrogens with two attached hydrogens (primary N) is 2. The smallest absolute Gasteiger partial charge is 0.249 e. The highest BCUT2D eigenvalue weighted by atomic mass is 32.2. The number of amides is 1. The van der Waals surface area contributed by atoms with Crippen LogP contribution in [-0.4, -0.2) is 14.3 Å². The van der Waals surface area contributed by atoms with Gasteiger partial charge in [-0.05, 0) is 18.6 Å². The third kappa shape index (κ3) is 3.34. The van der Waals surface area contributed by atoms with Crippen LogP contribution in [0, 0.1) is 6.92 Å². The quantitative estimate of drug-likeness (QED) is 0.753. The van der Waals surface area contributed by atoms with Gasteiger partial charge >= 0.3 is 0 Å². The lowest BCUT2D eigenvalue weighted by atomic mass is 10.1. The molecule has 4 N–H and O–H groups in total. The zero-order chi connectivity index (χ0) is 11.6. The Morgan fingerprint density at radius 3 is 2.47 bits per heavy atom. The first-order valence-electron chi connectivity index (χ1n) is 4.19. The number of sulfonamides is 1. The molecule has 0 aliphatic heterocycles. The van der Waals surface area contributed by atoms with Gasteiger partial charge in [0.15, 0.2) is 0 Å². The summed E-state index contributed by atoms with van der Waals surface area (Å²) >= 11 is 0. The monoisotopic (exact) mass is 228 g/mol. The predicted molar refractivity (Wildman–Crippen MR) is 56.5 cm³/mol. The summed E-state index contributed by atoms with van der Waals surface area (Å²) in [6, 6.07) is 4.77. The van der Waals surface area contributed by atoms with Crippen LogP contribution >= 0.6 is 0 Å². The fraction of sp³-hybridized carbons (Fsp3) is 0.222. The van der Waals surface area contributed by atoms with Crippen molar-refractivity contribution >= 4 is 15.9 Å². The molecule has 5 nitrogen and oxygen atoms in total. The van der Waals surface area contributed by atoms with Crippen LogP contribution in [0.25, 0.3) is 0 Å². The van der Waals surface area contributed by atoms with E-state index < -0.39 is 15.9 Å². The second kappa shape index (κ2) is 4.00. The van der Waals surface area contributed by atoms with Gasteiger partial charge in [0.1, 0.15) is 0 Å². The zero-order valence-corrected chi connectivity index (χ0v) is 9.04. The average molecular weight is 228 g/mol. The van der Waals surface area contributed by atoms with Crippen molar-refractivity contribution in [2.45, 2.75) is 12.7 Å². The number of aryl methyl sites for hydroxylation is 1. The molecule has 0 aliphatic rings. The predicted octanol–water partition coefficient (Wildman–Crippen LogP) is -0.118. The van der Waals surface area contributed by atoms with Gasteiger partial charge in [-0.1, -0.05) is 17.7 Å². The number of hydrogen-bond acceptors (Lipinski definition) is 3. The Morgan fingerprint density at radius 1 is 1.40 bits per heavy atom. The first-order chi connectivity index (χ1) is 6.79. The molecule has 0 saturated heterocycles. The van der Waals surface area contributed by atoms with Gasteiger partial charge in [-0.3, -0.25) is 4.79 Å². The van der Waals surface area contributed by atoms with Gasteiger partial charge < -0.3 is 5.73 Å². The fourth-order valence-electron chi connectivity index (χ4n) is 1.30. The number of carbonyl (C=O) groups excluding carboxylic acids is 1. The molecule has 1 aromatic rings. The maximum Gasteiger partial charge on any atom is 0.249 e. The van der Waals surface area contributed by atoms with E-state index in [2.05, 4.69) is 0 Å². The third-order valence-electron chi connectivity index (χ3n) is 1.88. The highest BCUT2D eigenvalue weighted by molar-refractivity contribution is 7.88. The number of hydrogen-bond donors (Lipinski definition) is 2. The van der Waals surface area contributed by atoms with Crippen molar-refractivity contribution in [2.75, 3.05) is 0 Å². The Balaban J connectivity index is 3.25. The molecule has 0 radical (unpaired) electrons. The molecule has 0 bridgehead atoms. The molecule has 82 valence electrons. The minimum atomic E-state index is -3.66. The van der Waals surface area contributed by atoms with Crippen LogP contribution in [0.5, 0.6) is 0 Å². The van der Waals surface area contributed by atoms with Crippen molar-refractivity contribution in [3.8, 4) is 0 Å². The third-order valence-corrected chi connectivity index (χ3v) is 2.60. The van der Waals surface area contributed by atoms with E-state index >= 15 is 0 Å². The lowest BCUT2D eigenvalue weighted by Gasteiger charge is -2.06. The summed E-state index contributed by atoms with van der Waals surface area (Å²) in [4.78, 5) is 11.0. The Hall–Kier alpha value is -1.40. The highest BCUT2D eigenvalue weighted by Crippen LogP contribution is 2.13. The van der Waals surface area contributed by atoms with Crippen LogP contribution in [0.1, 0.15) is 21.5 Å². The average Bonchev–Trinajstić information content (AvgIpc) is 1.99. The molecule has 1 rings (SSSR count). The summed E-state index contributed by atoms with van der Waals surface area (Å²) in [7, 11) is -3.66. The van der Waals surface area contributed by atoms with E-state index in [0.717, 1.165) is 5.56 Å². The van der Waals surface area contributed by atoms with Crippen molar-refractivity contribution in [1.29, 1.82) is 0 Å². The van der Waals surface area contributed by atoms with Crippen LogP contribution < -0.4 is 10.9 Å². The minimum absolute atomic E-state index is 0.189. The maximum atomic E-state index is 11.0. The summed E-state index contributed by atoms with van der Waals surface area (Å²) < 4.78 is 21.8. The van der Waals surface area contributed by atoms with Gasteiger partial charge in [-0.15, -0.1) is 0 Å². The van der Waals surface area contributed by atoms with Gasteiger partial charge in [-0.25, -0.2) is 13.6 Å². The number of carbonyl (C=O) groups is 1. The van der Waals surface area contributed by atoms with Crippen LogP contribution in [-0.2, 0) is 15.8 Å². The van der Waals surface area contributed by atoms with E-state index in [-0.39, 0.29) is 11.3 Å². The van der Waals surface area contributed by atoms with Crippen LogP contribution in [0.3, 0.4) is 0 Å². The minimum Gasteiger partial charge on any atom is -0.366 e. The SMILES string of the molecule is Cc1ccc(C(N)=O)c(CS(N)(=O)=O)c1. The normalized spacial score (nSPS) is 11.3. The van der Waals surface area contributed by atoms with E-state index in [1.165, 1.54) is 6.07 Å². The van der Waals surface area contributed by atoms with Crippen molar-refractivity contribution in [3.63, 3.8) is 0 Å². The molecule has 0 unspecified atom stereocenters. The number of benzene rings is 1. The van der Waals surface area contributed by atoms with Crippen LogP contribution in [0.4, 0.5) is 0 Å². The Morgan fingerprint density at radius 2 is 2.00 bits per heavy atom. The maximum absolute atomic E-state index is 11.0. The molecule has 0 atom stereocenters. The molecule has 1 amide bonds. The van der Waals surface area contributed by atoms with Gasteiger partial charge in [0, 0.05) is 5.56 Å². The standard InChI is InChI=1S/C9H12N2O3S/c1-6-2-3-8(9(10)12)7(4-6)5-15(11,13)14/h2-4H,5H2,1H3,(H2,10,12)(H2,11,13,14). The number of primary sulfonamides is 1. The van der Waals surface area contributed by atoms with Crippen LogP contribution in [0.15, 0.2) is 18.2 Å². The Labute approximate surface area is 88.1 Å². The van der Waals surface area contributed by atoms with E-state index in [9.17, 15) is 13.2 Å². The molecular weight excluding hydrogens is 216 g/mol. The summed E-state index contributed by atoms with van der Waals surface area (Å²) in [6.45, 7) is 1.79.